The highest BCUT2D eigenvalue weighted by Gasteiger charge is 2.23. The Labute approximate surface area is 182 Å². The summed E-state index contributed by atoms with van der Waals surface area (Å²) in [6, 6.07) is 6.59. The van der Waals surface area contributed by atoms with Crippen molar-refractivity contribution in [3.63, 3.8) is 0 Å². The Morgan fingerprint density at radius 2 is 2.13 bits per heavy atom. The Kier molecular flexibility index (Phi) is 5.94. The minimum atomic E-state index is -0.427. The van der Waals surface area contributed by atoms with Crippen LogP contribution in [0.3, 0.4) is 0 Å². The highest BCUT2D eigenvalue weighted by atomic mass is 32.1. The first kappa shape index (κ1) is 20.9. The van der Waals surface area contributed by atoms with Crippen molar-refractivity contribution in [1.29, 1.82) is 0 Å². The second kappa shape index (κ2) is 8.81. The zero-order valence-electron chi connectivity index (χ0n) is 17.3. The summed E-state index contributed by atoms with van der Waals surface area (Å²) in [6.07, 6.45) is 5.79. The number of hydrazone groups is 1. The summed E-state index contributed by atoms with van der Waals surface area (Å²) in [5.74, 6) is -0.235. The molecule has 1 amide bonds. The van der Waals surface area contributed by atoms with Gasteiger partial charge in [-0.1, -0.05) is 19.1 Å². The summed E-state index contributed by atoms with van der Waals surface area (Å²) < 4.78 is 5.97. The molecule has 1 atom stereocenters. The van der Waals surface area contributed by atoms with E-state index in [4.69, 9.17) is 0 Å². The Hall–Kier alpha value is -3.33. The summed E-state index contributed by atoms with van der Waals surface area (Å²) in [5, 5.41) is 4.57. The number of hydrogen-bond donors (Lipinski definition) is 1. The van der Waals surface area contributed by atoms with Gasteiger partial charge in [0.25, 0.3) is 11.5 Å². The number of amides is 1. The molecule has 1 aliphatic carbocycles. The minimum absolute atomic E-state index is 0.165. The molecule has 1 aromatic carbocycles. The second-order valence-corrected chi connectivity index (χ2v) is 8.70. The third kappa shape index (κ3) is 4.41. The number of nitrogens with one attached hydrogen (secondary N) is 1. The fourth-order valence-corrected chi connectivity index (χ4v) is 5.01. The van der Waals surface area contributed by atoms with Crippen LogP contribution >= 0.6 is 11.3 Å². The Morgan fingerprint density at radius 1 is 1.35 bits per heavy atom. The molecule has 0 saturated heterocycles. The average Bonchev–Trinajstić information content (AvgIpc) is 3.14. The van der Waals surface area contributed by atoms with Gasteiger partial charge in [-0.3, -0.25) is 14.2 Å². The Morgan fingerprint density at radius 3 is 2.87 bits per heavy atom. The predicted molar refractivity (Wildman–Crippen MR) is 119 cm³/mol. The van der Waals surface area contributed by atoms with Crippen molar-refractivity contribution in [1.82, 2.24) is 15.0 Å². The summed E-state index contributed by atoms with van der Waals surface area (Å²) in [7, 11) is 1.32. The molecule has 0 bridgehead atoms. The number of fused-ring (bicyclic) bond motifs is 3. The van der Waals surface area contributed by atoms with Crippen LogP contribution in [0, 0.1) is 5.92 Å². The van der Waals surface area contributed by atoms with Gasteiger partial charge in [0.05, 0.1) is 30.6 Å². The molecule has 0 spiro atoms. The summed E-state index contributed by atoms with van der Waals surface area (Å²) in [5.41, 5.74) is 4.46. The molecule has 8 nitrogen and oxygen atoms in total. The number of ether oxygens (including phenoxy) is 1. The summed E-state index contributed by atoms with van der Waals surface area (Å²) >= 11 is 1.58. The van der Waals surface area contributed by atoms with E-state index in [0.29, 0.717) is 22.4 Å². The molecule has 1 aliphatic rings. The van der Waals surface area contributed by atoms with Crippen LogP contribution in [-0.2, 0) is 28.9 Å². The molecule has 0 saturated carbocycles. The number of nitrogens with zero attached hydrogens (tertiary/aromatic N) is 3. The van der Waals surface area contributed by atoms with Crippen molar-refractivity contribution in [3.8, 4) is 0 Å². The van der Waals surface area contributed by atoms with E-state index in [9.17, 15) is 14.4 Å². The van der Waals surface area contributed by atoms with Gasteiger partial charge in [-0.2, -0.15) is 5.10 Å². The number of thiophene rings is 1. The van der Waals surface area contributed by atoms with E-state index in [0.717, 1.165) is 29.7 Å². The van der Waals surface area contributed by atoms with Crippen LogP contribution in [0.5, 0.6) is 0 Å². The number of methoxy groups -OCH3 is 1. The zero-order chi connectivity index (χ0) is 22.0. The minimum Gasteiger partial charge on any atom is -0.465 e. The van der Waals surface area contributed by atoms with E-state index in [-0.39, 0.29) is 12.1 Å². The molecule has 9 heteroatoms. The molecule has 3 aromatic rings. The van der Waals surface area contributed by atoms with Crippen molar-refractivity contribution >= 4 is 39.6 Å². The summed E-state index contributed by atoms with van der Waals surface area (Å²) in [4.78, 5) is 43.1. The number of aromatic nitrogens is 2. The highest BCUT2D eigenvalue weighted by molar-refractivity contribution is 7.18. The maximum Gasteiger partial charge on any atom is 0.337 e. The molecule has 2 heterocycles. The molecule has 0 aliphatic heterocycles. The SMILES string of the molecule is COC(=O)c1ccc(/C=N\NC(=O)Cn2cnc3sc4c(c3c2=O)CC[C@@H](C)C4)cc1. The van der Waals surface area contributed by atoms with Crippen LogP contribution < -0.4 is 11.0 Å². The average molecular weight is 439 g/mol. The van der Waals surface area contributed by atoms with E-state index >= 15 is 0 Å². The van der Waals surface area contributed by atoms with Gasteiger partial charge < -0.3 is 4.74 Å². The van der Waals surface area contributed by atoms with E-state index in [2.05, 4.69) is 27.2 Å². The first-order valence-electron chi connectivity index (χ1n) is 9.96. The lowest BCUT2D eigenvalue weighted by molar-refractivity contribution is -0.121. The van der Waals surface area contributed by atoms with Crippen LogP contribution in [0.1, 0.15) is 39.7 Å². The molecule has 0 fully saturated rings. The zero-order valence-corrected chi connectivity index (χ0v) is 18.1. The van der Waals surface area contributed by atoms with Crippen molar-refractivity contribution in [2.45, 2.75) is 32.7 Å². The van der Waals surface area contributed by atoms with Crippen LogP contribution in [-0.4, -0.2) is 34.8 Å². The van der Waals surface area contributed by atoms with E-state index in [1.165, 1.54) is 29.1 Å². The number of esters is 1. The lowest BCUT2D eigenvalue weighted by Crippen LogP contribution is -2.30. The Balaban J connectivity index is 1.44. The summed E-state index contributed by atoms with van der Waals surface area (Å²) in [6.45, 7) is 2.05. The number of aryl methyl sites for hydroxylation is 1. The van der Waals surface area contributed by atoms with Gasteiger partial charge in [0.15, 0.2) is 0 Å². The maximum atomic E-state index is 13.0. The number of hydrogen-bond acceptors (Lipinski definition) is 7. The largest absolute Gasteiger partial charge is 0.465 e. The standard InChI is InChI=1S/C22H22N4O4S/c1-13-3-8-16-17(9-13)31-20-19(16)21(28)26(12-23-20)11-18(27)25-24-10-14-4-6-15(7-5-14)22(29)30-2/h4-7,10,12-13H,3,8-9,11H2,1-2H3,(H,25,27)/b24-10-/t13-/m1/s1. The molecular formula is C22H22N4O4S. The van der Waals surface area contributed by atoms with Crippen molar-refractivity contribution in [2.75, 3.05) is 7.11 Å². The lowest BCUT2D eigenvalue weighted by atomic mass is 9.89. The maximum absolute atomic E-state index is 13.0. The van der Waals surface area contributed by atoms with Crippen LogP contribution in [0.15, 0.2) is 40.5 Å². The second-order valence-electron chi connectivity index (χ2n) is 7.62. The number of carbonyl (C=O) groups excluding carboxylic acids is 2. The van der Waals surface area contributed by atoms with E-state index in [1.54, 1.807) is 35.6 Å². The van der Waals surface area contributed by atoms with Gasteiger partial charge in [0, 0.05) is 4.88 Å². The fourth-order valence-electron chi connectivity index (χ4n) is 3.67. The van der Waals surface area contributed by atoms with Gasteiger partial charge in [0.2, 0.25) is 0 Å². The molecule has 160 valence electrons. The number of benzene rings is 1. The van der Waals surface area contributed by atoms with Gasteiger partial charge in [0.1, 0.15) is 11.4 Å². The molecular weight excluding hydrogens is 416 g/mol. The lowest BCUT2D eigenvalue weighted by Gasteiger charge is -2.17. The van der Waals surface area contributed by atoms with Gasteiger partial charge in [-0.25, -0.2) is 15.2 Å². The normalized spacial score (nSPS) is 15.7. The van der Waals surface area contributed by atoms with Gasteiger partial charge in [-0.05, 0) is 48.4 Å². The van der Waals surface area contributed by atoms with Crippen LogP contribution in [0.2, 0.25) is 0 Å². The fraction of sp³-hybridized carbons (Fsp3) is 0.318. The molecule has 4 rings (SSSR count). The monoisotopic (exact) mass is 438 g/mol. The van der Waals surface area contributed by atoms with Crippen molar-refractivity contribution in [2.24, 2.45) is 11.0 Å². The van der Waals surface area contributed by atoms with Crippen molar-refractivity contribution < 1.29 is 14.3 Å². The van der Waals surface area contributed by atoms with E-state index < -0.39 is 11.9 Å². The molecule has 2 aromatic heterocycles. The topological polar surface area (TPSA) is 103 Å². The van der Waals surface area contributed by atoms with Gasteiger partial charge in [-0.15, -0.1) is 11.3 Å². The van der Waals surface area contributed by atoms with Crippen molar-refractivity contribution in [3.05, 3.63) is 62.5 Å². The van der Waals surface area contributed by atoms with Gasteiger partial charge >= 0.3 is 5.97 Å². The highest BCUT2D eigenvalue weighted by Crippen LogP contribution is 2.35. The third-order valence-corrected chi connectivity index (χ3v) is 6.49. The molecule has 1 N–H and O–H groups in total. The number of carbonyl (C=O) groups is 2. The quantitative estimate of drug-likeness (QED) is 0.375. The molecule has 31 heavy (non-hydrogen) atoms. The first-order chi connectivity index (χ1) is 15.0. The molecule has 0 unspecified atom stereocenters. The first-order valence-corrected chi connectivity index (χ1v) is 10.8. The Bertz CT molecular complexity index is 1230. The smallest absolute Gasteiger partial charge is 0.337 e. The predicted octanol–water partition coefficient (Wildman–Crippen LogP) is 2.52. The molecule has 0 radical (unpaired) electrons. The van der Waals surface area contributed by atoms with Crippen LogP contribution in [0.25, 0.3) is 10.2 Å². The van der Waals surface area contributed by atoms with E-state index in [1.807, 2.05) is 0 Å². The number of rotatable bonds is 5. The third-order valence-electron chi connectivity index (χ3n) is 5.33. The van der Waals surface area contributed by atoms with Crippen LogP contribution in [0.4, 0.5) is 0 Å².